The van der Waals surface area contributed by atoms with E-state index in [0.717, 1.165) is 26.4 Å². The van der Waals surface area contributed by atoms with Crippen molar-refractivity contribution < 1.29 is 9.53 Å². The number of anilines is 1. The van der Waals surface area contributed by atoms with Crippen molar-refractivity contribution in [2.75, 3.05) is 12.8 Å². The van der Waals surface area contributed by atoms with E-state index in [1.54, 1.807) is 18.9 Å². The fraction of sp³-hybridized carbons (Fsp3) is 0.136. The molecule has 0 aromatic heterocycles. The second-order valence-corrected chi connectivity index (χ2v) is 8.21. The van der Waals surface area contributed by atoms with Crippen molar-refractivity contribution in [3.63, 3.8) is 0 Å². The number of carbonyl (C=O) groups is 1. The Balaban J connectivity index is 1.87. The molecule has 0 aliphatic heterocycles. The Bertz CT molecular complexity index is 910. The molecule has 0 spiro atoms. The van der Waals surface area contributed by atoms with Crippen LogP contribution in [0.2, 0.25) is 0 Å². The zero-order valence-corrected chi connectivity index (χ0v) is 17.3. The van der Waals surface area contributed by atoms with Crippen molar-refractivity contribution in [2.24, 2.45) is 0 Å². The van der Waals surface area contributed by atoms with E-state index in [-0.39, 0.29) is 11.0 Å². The number of halogens is 1. The molecular formula is C22H20BrNO2S. The molecule has 3 nitrogen and oxygen atoms in total. The monoisotopic (exact) mass is 441 g/mol. The predicted molar refractivity (Wildman–Crippen MR) is 116 cm³/mol. The van der Waals surface area contributed by atoms with Crippen molar-refractivity contribution in [1.29, 1.82) is 0 Å². The highest BCUT2D eigenvalue weighted by molar-refractivity contribution is 9.10. The van der Waals surface area contributed by atoms with Crippen molar-refractivity contribution in [3.05, 3.63) is 88.4 Å². The summed E-state index contributed by atoms with van der Waals surface area (Å²) in [5.41, 5.74) is 8.61. The van der Waals surface area contributed by atoms with Gasteiger partial charge in [-0.05, 0) is 42.0 Å². The molecule has 0 aliphatic rings. The van der Waals surface area contributed by atoms with E-state index in [2.05, 4.69) is 15.9 Å². The highest BCUT2D eigenvalue weighted by Gasteiger charge is 2.20. The lowest BCUT2D eigenvalue weighted by Gasteiger charge is -2.18. The Morgan fingerprint density at radius 2 is 1.70 bits per heavy atom. The summed E-state index contributed by atoms with van der Waals surface area (Å²) in [6.07, 6.45) is 0.382. The zero-order chi connectivity index (χ0) is 19.2. The quantitative estimate of drug-likeness (QED) is 0.271. The Morgan fingerprint density at radius 1 is 1.04 bits per heavy atom. The highest BCUT2D eigenvalue weighted by atomic mass is 79.9. The van der Waals surface area contributed by atoms with Gasteiger partial charge in [-0.3, -0.25) is 4.79 Å². The van der Waals surface area contributed by atoms with Gasteiger partial charge >= 0.3 is 0 Å². The number of nitrogen functional groups attached to an aromatic ring is 1. The summed E-state index contributed by atoms with van der Waals surface area (Å²) >= 11 is 5.02. The van der Waals surface area contributed by atoms with Crippen molar-refractivity contribution >= 4 is 39.2 Å². The van der Waals surface area contributed by atoms with Gasteiger partial charge in [-0.15, -0.1) is 11.8 Å². The maximum Gasteiger partial charge on any atom is 0.164 e. The minimum absolute atomic E-state index is 0.0447. The third kappa shape index (κ3) is 5.15. The van der Waals surface area contributed by atoms with E-state index < -0.39 is 0 Å². The molecule has 1 atom stereocenters. The van der Waals surface area contributed by atoms with Crippen LogP contribution in [0.3, 0.4) is 0 Å². The van der Waals surface area contributed by atoms with E-state index in [1.807, 2.05) is 72.8 Å². The number of rotatable bonds is 7. The van der Waals surface area contributed by atoms with E-state index >= 15 is 0 Å². The Labute approximate surface area is 172 Å². The van der Waals surface area contributed by atoms with E-state index in [9.17, 15) is 4.79 Å². The first kappa shape index (κ1) is 19.5. The summed E-state index contributed by atoms with van der Waals surface area (Å²) < 4.78 is 6.21. The maximum atomic E-state index is 12.9. The first-order valence-electron chi connectivity index (χ1n) is 8.50. The predicted octanol–water partition coefficient (Wildman–Crippen LogP) is 6.15. The molecule has 27 heavy (non-hydrogen) atoms. The lowest BCUT2D eigenvalue weighted by molar-refractivity contribution is 0.0982. The van der Waals surface area contributed by atoms with Crippen molar-refractivity contribution in [3.8, 4) is 5.75 Å². The van der Waals surface area contributed by atoms with E-state index in [0.29, 0.717) is 12.0 Å². The van der Waals surface area contributed by atoms with Gasteiger partial charge in [0.15, 0.2) is 5.78 Å². The van der Waals surface area contributed by atoms with Gasteiger partial charge in [-0.2, -0.15) is 0 Å². The van der Waals surface area contributed by atoms with Crippen LogP contribution in [0, 0.1) is 0 Å². The van der Waals surface area contributed by atoms with Crippen molar-refractivity contribution in [2.45, 2.75) is 16.6 Å². The first-order valence-corrected chi connectivity index (χ1v) is 10.2. The first-order chi connectivity index (χ1) is 13.1. The average molecular weight is 442 g/mol. The number of Topliss-reactive ketones (excluding diaryl/α,β-unsaturated/α-hetero) is 1. The number of ether oxygens (including phenoxy) is 1. The summed E-state index contributed by atoms with van der Waals surface area (Å²) in [5, 5.41) is -0.0447. The fourth-order valence-electron chi connectivity index (χ4n) is 2.71. The molecule has 0 heterocycles. The molecule has 0 fully saturated rings. The minimum Gasteiger partial charge on any atom is -0.497 e. The Hall–Kier alpha value is -2.24. The van der Waals surface area contributed by atoms with E-state index in [4.69, 9.17) is 10.5 Å². The minimum atomic E-state index is -0.0447. The number of hydrogen-bond donors (Lipinski definition) is 1. The van der Waals surface area contributed by atoms with Gasteiger partial charge in [0.05, 0.1) is 7.11 Å². The third-order valence-corrected chi connectivity index (χ3v) is 6.09. The number of para-hydroxylation sites is 1. The van der Waals surface area contributed by atoms with Gasteiger partial charge in [0, 0.05) is 32.3 Å². The van der Waals surface area contributed by atoms with E-state index in [1.165, 1.54) is 0 Å². The van der Waals surface area contributed by atoms with Crippen LogP contribution in [0.4, 0.5) is 5.69 Å². The lowest BCUT2D eigenvalue weighted by Crippen LogP contribution is -2.06. The number of ketones is 1. The molecular weight excluding hydrogens is 422 g/mol. The molecule has 2 N–H and O–H groups in total. The third-order valence-electron chi connectivity index (χ3n) is 4.21. The largest absolute Gasteiger partial charge is 0.497 e. The normalized spacial score (nSPS) is 11.8. The van der Waals surface area contributed by atoms with Crippen molar-refractivity contribution in [1.82, 2.24) is 0 Å². The summed E-state index contributed by atoms with van der Waals surface area (Å²) in [6.45, 7) is 0. The molecule has 0 bridgehead atoms. The molecule has 0 amide bonds. The molecule has 3 aromatic rings. The molecule has 0 saturated carbocycles. The smallest absolute Gasteiger partial charge is 0.164 e. The molecule has 0 saturated heterocycles. The summed E-state index contributed by atoms with van der Waals surface area (Å²) in [6, 6.07) is 23.0. The molecule has 0 aliphatic carbocycles. The number of thioether (sulfide) groups is 1. The second-order valence-electron chi connectivity index (χ2n) is 6.05. The molecule has 0 radical (unpaired) electrons. The standard InChI is InChI=1S/C22H20BrNO2S/c1-26-18-12-8-16(9-13-18)22(27-21-5-3-2-4-19(21)24)14-20(25)15-6-10-17(23)11-7-15/h2-13,22H,14,24H2,1H3/t22-/m0/s1. The van der Waals surface area contributed by atoms with Crippen LogP contribution in [0.15, 0.2) is 82.2 Å². The topological polar surface area (TPSA) is 52.3 Å². The van der Waals surface area contributed by atoms with Crippen LogP contribution in [0.5, 0.6) is 5.75 Å². The van der Waals surface area contributed by atoms with Crippen LogP contribution < -0.4 is 10.5 Å². The molecule has 5 heteroatoms. The second kappa shape index (κ2) is 9.11. The SMILES string of the molecule is COc1ccc([C@H](CC(=O)c2ccc(Br)cc2)Sc2ccccc2N)cc1. The summed E-state index contributed by atoms with van der Waals surface area (Å²) in [7, 11) is 1.64. The molecule has 138 valence electrons. The van der Waals surface area contributed by atoms with Crippen LogP contribution in [-0.4, -0.2) is 12.9 Å². The van der Waals surface area contributed by atoms with Gasteiger partial charge in [0.2, 0.25) is 0 Å². The Kier molecular flexibility index (Phi) is 6.58. The Morgan fingerprint density at radius 3 is 2.33 bits per heavy atom. The zero-order valence-electron chi connectivity index (χ0n) is 14.9. The van der Waals surface area contributed by atoms with Crippen LogP contribution in [-0.2, 0) is 0 Å². The highest BCUT2D eigenvalue weighted by Crippen LogP contribution is 2.41. The summed E-state index contributed by atoms with van der Waals surface area (Å²) in [4.78, 5) is 13.8. The number of hydrogen-bond acceptors (Lipinski definition) is 4. The van der Waals surface area contributed by atoms with Gasteiger partial charge in [-0.25, -0.2) is 0 Å². The fourth-order valence-corrected chi connectivity index (χ4v) is 4.17. The van der Waals surface area contributed by atoms with Crippen LogP contribution in [0.1, 0.15) is 27.6 Å². The number of carbonyl (C=O) groups excluding carboxylic acids is 1. The number of methoxy groups -OCH3 is 1. The number of nitrogens with two attached hydrogens (primary N) is 1. The maximum absolute atomic E-state index is 12.9. The van der Waals surface area contributed by atoms with Gasteiger partial charge in [0.1, 0.15) is 5.75 Å². The average Bonchev–Trinajstić information content (AvgIpc) is 2.69. The van der Waals surface area contributed by atoms with Gasteiger partial charge < -0.3 is 10.5 Å². The molecule has 3 rings (SSSR count). The molecule has 3 aromatic carbocycles. The van der Waals surface area contributed by atoms with Gasteiger partial charge in [0.25, 0.3) is 0 Å². The van der Waals surface area contributed by atoms with Crippen LogP contribution >= 0.6 is 27.7 Å². The van der Waals surface area contributed by atoms with Crippen LogP contribution in [0.25, 0.3) is 0 Å². The van der Waals surface area contributed by atoms with Gasteiger partial charge in [-0.1, -0.05) is 52.3 Å². The molecule has 0 unspecified atom stereocenters. The number of benzene rings is 3. The summed E-state index contributed by atoms with van der Waals surface area (Å²) in [5.74, 6) is 0.895. The lowest BCUT2D eigenvalue weighted by atomic mass is 10.0.